The van der Waals surface area contributed by atoms with Crippen LogP contribution in [0.25, 0.3) is 0 Å². The zero-order valence-electron chi connectivity index (χ0n) is 14.4. The van der Waals surface area contributed by atoms with E-state index in [4.69, 9.17) is 0 Å². The highest BCUT2D eigenvalue weighted by molar-refractivity contribution is 7.16. The fourth-order valence-corrected chi connectivity index (χ4v) is 4.31. The maximum Gasteiger partial charge on any atom is 0.247 e. The summed E-state index contributed by atoms with van der Waals surface area (Å²) < 4.78 is 26.3. The third-order valence-corrected chi connectivity index (χ3v) is 5.67. The third kappa shape index (κ3) is 3.86. The number of halogens is 2. The maximum absolute atomic E-state index is 13.3. The molecule has 26 heavy (non-hydrogen) atoms. The van der Waals surface area contributed by atoms with Crippen LogP contribution >= 0.6 is 11.3 Å². The van der Waals surface area contributed by atoms with Crippen molar-refractivity contribution >= 4 is 27.9 Å². The van der Waals surface area contributed by atoms with Crippen molar-refractivity contribution in [2.75, 3.05) is 10.6 Å². The Kier molecular flexibility index (Phi) is 5.52. The van der Waals surface area contributed by atoms with E-state index < -0.39 is 17.7 Å². The maximum atomic E-state index is 13.3. The van der Waals surface area contributed by atoms with Crippen LogP contribution in [-0.4, -0.2) is 11.9 Å². The van der Waals surface area contributed by atoms with E-state index in [-0.39, 0.29) is 5.91 Å². The lowest BCUT2D eigenvalue weighted by molar-refractivity contribution is -0.116. The van der Waals surface area contributed by atoms with Gasteiger partial charge in [0, 0.05) is 16.6 Å². The molecule has 0 radical (unpaired) electrons. The van der Waals surface area contributed by atoms with Gasteiger partial charge in [-0.25, -0.2) is 8.78 Å². The van der Waals surface area contributed by atoms with Crippen molar-refractivity contribution in [2.45, 2.75) is 45.1 Å². The van der Waals surface area contributed by atoms with E-state index in [0.29, 0.717) is 16.3 Å². The van der Waals surface area contributed by atoms with Gasteiger partial charge < -0.3 is 10.6 Å². The Hall–Kier alpha value is -2.46. The van der Waals surface area contributed by atoms with Crippen LogP contribution in [-0.2, 0) is 17.6 Å². The average molecular weight is 375 g/mol. The number of anilines is 2. The minimum Gasteiger partial charge on any atom is -0.374 e. The molecule has 136 valence electrons. The van der Waals surface area contributed by atoms with Crippen LogP contribution in [0.2, 0.25) is 0 Å². The molecule has 0 saturated carbocycles. The lowest BCUT2D eigenvalue weighted by atomic mass is 10.1. The normalized spacial score (nSPS) is 14.7. The highest BCUT2D eigenvalue weighted by atomic mass is 32.1. The zero-order chi connectivity index (χ0) is 18.7. The first-order valence-corrected chi connectivity index (χ1v) is 9.38. The minimum atomic E-state index is -0.976. The van der Waals surface area contributed by atoms with Gasteiger partial charge in [0.25, 0.3) is 0 Å². The van der Waals surface area contributed by atoms with Gasteiger partial charge in [-0.3, -0.25) is 4.79 Å². The summed E-state index contributed by atoms with van der Waals surface area (Å²) in [7, 11) is 0. The molecule has 0 bridgehead atoms. The van der Waals surface area contributed by atoms with Gasteiger partial charge in [0.05, 0.1) is 5.56 Å². The number of amides is 1. The van der Waals surface area contributed by atoms with Gasteiger partial charge in [0.2, 0.25) is 5.91 Å². The molecule has 3 rings (SSSR count). The van der Waals surface area contributed by atoms with Crippen LogP contribution in [0, 0.1) is 23.0 Å². The molecule has 0 saturated heterocycles. The number of nitrogens with zero attached hydrogens (tertiary/aromatic N) is 1. The summed E-state index contributed by atoms with van der Waals surface area (Å²) >= 11 is 1.46. The Balaban J connectivity index is 1.73. The molecule has 1 heterocycles. The first-order chi connectivity index (χ1) is 12.5. The zero-order valence-corrected chi connectivity index (χ0v) is 15.2. The minimum absolute atomic E-state index is 0.314. The van der Waals surface area contributed by atoms with Gasteiger partial charge in [-0.2, -0.15) is 5.26 Å². The Labute approximate surface area is 154 Å². The van der Waals surface area contributed by atoms with Crippen LogP contribution in [0.5, 0.6) is 0 Å². The van der Waals surface area contributed by atoms with Crippen molar-refractivity contribution in [1.82, 2.24) is 0 Å². The summed E-state index contributed by atoms with van der Waals surface area (Å²) in [6.07, 6.45) is 5.11. The number of hydrogen-bond donors (Lipinski definition) is 2. The predicted molar refractivity (Wildman–Crippen MR) is 98.4 cm³/mol. The van der Waals surface area contributed by atoms with E-state index in [0.717, 1.165) is 49.8 Å². The standard InChI is InChI=1S/C19H19F2N3OS/c1-11(23-12-7-8-15(20)16(21)9-12)18(25)24-19-14(10-22)13-5-3-2-4-6-17(13)26-19/h7-9,11,23H,2-6H2,1H3,(H,24,25)/t11-/m0/s1. The number of nitriles is 1. The molecule has 4 nitrogen and oxygen atoms in total. The molecule has 2 aromatic rings. The van der Waals surface area contributed by atoms with E-state index in [1.807, 2.05) is 0 Å². The quantitative estimate of drug-likeness (QED) is 0.767. The molecule has 0 aliphatic heterocycles. The Morgan fingerprint density at radius 2 is 2.00 bits per heavy atom. The van der Waals surface area contributed by atoms with Crippen molar-refractivity contribution in [3.63, 3.8) is 0 Å². The van der Waals surface area contributed by atoms with Crippen molar-refractivity contribution in [1.29, 1.82) is 5.26 Å². The van der Waals surface area contributed by atoms with Gasteiger partial charge in [-0.1, -0.05) is 6.42 Å². The lowest BCUT2D eigenvalue weighted by Gasteiger charge is -2.15. The average Bonchev–Trinajstić information content (AvgIpc) is 2.77. The summed E-state index contributed by atoms with van der Waals surface area (Å²) in [6, 6.07) is 4.94. The second-order valence-corrected chi connectivity index (χ2v) is 7.47. The monoisotopic (exact) mass is 375 g/mol. The lowest BCUT2D eigenvalue weighted by Crippen LogP contribution is -2.31. The predicted octanol–water partition coefficient (Wildman–Crippen LogP) is 4.61. The Bertz CT molecular complexity index is 872. The Morgan fingerprint density at radius 3 is 2.73 bits per heavy atom. The fraction of sp³-hybridized carbons (Fsp3) is 0.368. The molecular formula is C19H19F2N3OS. The summed E-state index contributed by atoms with van der Waals surface area (Å²) in [6.45, 7) is 1.63. The van der Waals surface area contributed by atoms with Gasteiger partial charge >= 0.3 is 0 Å². The van der Waals surface area contributed by atoms with E-state index in [9.17, 15) is 18.8 Å². The SMILES string of the molecule is C[C@H](Nc1ccc(F)c(F)c1)C(=O)Nc1sc2c(c1C#N)CCCCC2. The summed E-state index contributed by atoms with van der Waals surface area (Å²) in [5, 5.41) is 15.7. The number of thiophene rings is 1. The summed E-state index contributed by atoms with van der Waals surface area (Å²) in [5.74, 6) is -2.24. The van der Waals surface area contributed by atoms with Crippen molar-refractivity contribution < 1.29 is 13.6 Å². The highest BCUT2D eigenvalue weighted by Crippen LogP contribution is 2.37. The molecule has 0 spiro atoms. The van der Waals surface area contributed by atoms with Crippen LogP contribution in [0.4, 0.5) is 19.5 Å². The van der Waals surface area contributed by atoms with Crippen molar-refractivity contribution in [3.05, 3.63) is 45.8 Å². The first-order valence-electron chi connectivity index (χ1n) is 8.56. The number of aryl methyl sites for hydroxylation is 1. The number of fused-ring (bicyclic) bond motifs is 1. The molecule has 7 heteroatoms. The van der Waals surface area contributed by atoms with Gasteiger partial charge in [0.15, 0.2) is 11.6 Å². The summed E-state index contributed by atoms with van der Waals surface area (Å²) in [5.41, 5.74) is 1.93. The number of hydrogen-bond acceptors (Lipinski definition) is 4. The molecule has 1 atom stereocenters. The highest BCUT2D eigenvalue weighted by Gasteiger charge is 2.22. The van der Waals surface area contributed by atoms with Gasteiger partial charge in [0.1, 0.15) is 17.1 Å². The topological polar surface area (TPSA) is 64.9 Å². The van der Waals surface area contributed by atoms with E-state index in [1.165, 1.54) is 22.3 Å². The van der Waals surface area contributed by atoms with Gasteiger partial charge in [-0.15, -0.1) is 11.3 Å². The van der Waals surface area contributed by atoms with Crippen LogP contribution in [0.1, 0.15) is 42.2 Å². The number of rotatable bonds is 4. The number of nitrogens with one attached hydrogen (secondary N) is 2. The molecule has 1 aromatic carbocycles. The summed E-state index contributed by atoms with van der Waals surface area (Å²) in [4.78, 5) is 13.6. The number of benzene rings is 1. The van der Waals surface area contributed by atoms with Crippen molar-refractivity contribution in [2.24, 2.45) is 0 Å². The first kappa shape index (κ1) is 18.3. The Morgan fingerprint density at radius 1 is 1.23 bits per heavy atom. The second kappa shape index (κ2) is 7.83. The van der Waals surface area contributed by atoms with Crippen LogP contribution in [0.15, 0.2) is 18.2 Å². The van der Waals surface area contributed by atoms with Crippen molar-refractivity contribution in [3.8, 4) is 6.07 Å². The van der Waals surface area contributed by atoms with E-state index >= 15 is 0 Å². The van der Waals surface area contributed by atoms with E-state index in [2.05, 4.69) is 16.7 Å². The third-order valence-electron chi connectivity index (χ3n) is 4.47. The molecule has 1 amide bonds. The molecule has 2 N–H and O–H groups in total. The number of carbonyl (C=O) groups excluding carboxylic acids is 1. The molecular weight excluding hydrogens is 356 g/mol. The fourth-order valence-electron chi connectivity index (χ4n) is 3.07. The van der Waals surface area contributed by atoms with Gasteiger partial charge in [-0.05, 0) is 50.3 Å². The molecule has 0 unspecified atom stereocenters. The largest absolute Gasteiger partial charge is 0.374 e. The molecule has 1 aliphatic rings. The van der Waals surface area contributed by atoms with Crippen LogP contribution < -0.4 is 10.6 Å². The van der Waals surface area contributed by atoms with E-state index in [1.54, 1.807) is 6.92 Å². The van der Waals surface area contributed by atoms with Crippen LogP contribution in [0.3, 0.4) is 0 Å². The second-order valence-electron chi connectivity index (χ2n) is 6.36. The molecule has 1 aromatic heterocycles. The number of carbonyl (C=O) groups is 1. The smallest absolute Gasteiger partial charge is 0.247 e. The molecule has 1 aliphatic carbocycles. The molecule has 0 fully saturated rings.